The summed E-state index contributed by atoms with van der Waals surface area (Å²) in [5.74, 6) is -0.0153. The van der Waals surface area contributed by atoms with Crippen molar-refractivity contribution < 1.29 is 4.79 Å². The Balaban J connectivity index is 1.47. The quantitative estimate of drug-likeness (QED) is 0.557. The van der Waals surface area contributed by atoms with Crippen molar-refractivity contribution in [2.75, 3.05) is 52.1 Å². The van der Waals surface area contributed by atoms with Gasteiger partial charge in [0.1, 0.15) is 0 Å². The highest BCUT2D eigenvalue weighted by molar-refractivity contribution is 7.98. The summed E-state index contributed by atoms with van der Waals surface area (Å²) in [5, 5.41) is 3.97. The molecule has 146 valence electrons. The molecule has 1 fully saturated rings. The first-order valence-electron chi connectivity index (χ1n) is 9.62. The summed E-state index contributed by atoms with van der Waals surface area (Å²) in [5.41, 5.74) is 1.64. The number of amides is 1. The molecule has 1 N–H and O–H groups in total. The molecule has 0 spiro atoms. The van der Waals surface area contributed by atoms with Crippen molar-refractivity contribution in [3.05, 3.63) is 42.2 Å². The van der Waals surface area contributed by atoms with Gasteiger partial charge in [-0.05, 0) is 44.0 Å². The van der Waals surface area contributed by atoms with Crippen LogP contribution in [0.15, 0.2) is 41.8 Å². The van der Waals surface area contributed by atoms with E-state index in [1.54, 1.807) is 18.0 Å². The van der Waals surface area contributed by atoms with E-state index in [0.29, 0.717) is 12.1 Å². The maximum Gasteiger partial charge on any atom is 0.251 e. The maximum atomic E-state index is 12.5. The van der Waals surface area contributed by atoms with E-state index in [-0.39, 0.29) is 5.91 Å². The Morgan fingerprint density at radius 2 is 2.00 bits per heavy atom. The van der Waals surface area contributed by atoms with Crippen LogP contribution in [0.2, 0.25) is 0 Å². The molecule has 0 saturated carbocycles. The number of nitrogens with one attached hydrogen (secondary N) is 1. The first kappa shape index (κ1) is 19.9. The predicted octanol–water partition coefficient (Wildman–Crippen LogP) is 2.35. The van der Waals surface area contributed by atoms with Gasteiger partial charge in [-0.3, -0.25) is 9.36 Å². The number of rotatable bonds is 8. The number of likely N-dealkylation sites (N-methyl/N-ethyl adjacent to an activating group) is 1. The zero-order valence-corrected chi connectivity index (χ0v) is 17.0. The minimum absolute atomic E-state index is 0.0153. The highest BCUT2D eigenvalue weighted by atomic mass is 32.2. The number of piperazine rings is 1. The second kappa shape index (κ2) is 9.92. The van der Waals surface area contributed by atoms with Crippen molar-refractivity contribution in [3.63, 3.8) is 0 Å². The van der Waals surface area contributed by atoms with Crippen molar-refractivity contribution in [2.24, 2.45) is 0 Å². The van der Waals surface area contributed by atoms with Crippen LogP contribution >= 0.6 is 11.8 Å². The number of aromatic nitrogens is 2. The van der Waals surface area contributed by atoms with Crippen molar-refractivity contribution in [2.45, 2.75) is 18.5 Å². The van der Waals surface area contributed by atoms with Gasteiger partial charge in [-0.25, -0.2) is 4.98 Å². The third-order valence-electron chi connectivity index (χ3n) is 5.02. The highest BCUT2D eigenvalue weighted by Crippen LogP contribution is 2.18. The lowest BCUT2D eigenvalue weighted by molar-refractivity contribution is 0.0948. The van der Waals surface area contributed by atoms with Crippen molar-refractivity contribution in [3.8, 4) is 5.69 Å². The van der Waals surface area contributed by atoms with Gasteiger partial charge in [-0.1, -0.05) is 24.8 Å². The van der Waals surface area contributed by atoms with Gasteiger partial charge >= 0.3 is 0 Å². The lowest BCUT2D eigenvalue weighted by atomic mass is 10.2. The van der Waals surface area contributed by atoms with Crippen molar-refractivity contribution in [1.82, 2.24) is 24.7 Å². The molecule has 1 aliphatic rings. The molecule has 2 heterocycles. The Labute approximate surface area is 165 Å². The lowest BCUT2D eigenvalue weighted by Crippen LogP contribution is -2.46. The fraction of sp³-hybridized carbons (Fsp3) is 0.500. The molecule has 7 heteroatoms. The standard InChI is InChI=1S/C20H29N5OS/c1-3-23-12-14-24(15-13-23)10-5-8-21-19(26)17-6-4-7-18(16-17)25-11-9-22-20(25)27-2/h4,6-7,9,11,16H,3,5,8,10,12-15H2,1-2H3,(H,21,26). The normalized spacial score (nSPS) is 15.8. The number of carbonyl (C=O) groups excluding carboxylic acids is 1. The Hall–Kier alpha value is -1.83. The fourth-order valence-corrected chi connectivity index (χ4v) is 3.90. The molecule has 0 atom stereocenters. The second-order valence-corrected chi connectivity index (χ2v) is 7.49. The van der Waals surface area contributed by atoms with Crippen molar-refractivity contribution in [1.29, 1.82) is 0 Å². The van der Waals surface area contributed by atoms with Gasteiger partial charge < -0.3 is 15.1 Å². The molecule has 6 nitrogen and oxygen atoms in total. The van der Waals surface area contributed by atoms with Crippen LogP contribution in [0.5, 0.6) is 0 Å². The molecule has 0 aliphatic carbocycles. The van der Waals surface area contributed by atoms with Crippen LogP contribution in [-0.2, 0) is 0 Å². The summed E-state index contributed by atoms with van der Waals surface area (Å²) in [6.07, 6.45) is 6.67. The summed E-state index contributed by atoms with van der Waals surface area (Å²) >= 11 is 1.59. The first-order chi connectivity index (χ1) is 13.2. The highest BCUT2D eigenvalue weighted by Gasteiger charge is 2.15. The summed E-state index contributed by atoms with van der Waals surface area (Å²) in [6.45, 7) is 9.68. The molecule has 1 aliphatic heterocycles. The molecular weight excluding hydrogens is 358 g/mol. The maximum absolute atomic E-state index is 12.5. The number of hydrogen-bond donors (Lipinski definition) is 1. The largest absolute Gasteiger partial charge is 0.352 e. The average Bonchev–Trinajstić information content (AvgIpc) is 3.20. The minimum atomic E-state index is -0.0153. The molecule has 1 saturated heterocycles. The number of hydrogen-bond acceptors (Lipinski definition) is 5. The summed E-state index contributed by atoms with van der Waals surface area (Å²) in [4.78, 5) is 21.8. The average molecular weight is 388 g/mol. The Morgan fingerprint density at radius 3 is 2.74 bits per heavy atom. The van der Waals surface area contributed by atoms with Crippen LogP contribution in [0.4, 0.5) is 0 Å². The van der Waals surface area contributed by atoms with E-state index >= 15 is 0 Å². The first-order valence-corrected chi connectivity index (χ1v) is 10.8. The molecule has 3 rings (SSSR count). The molecule has 27 heavy (non-hydrogen) atoms. The van der Waals surface area contributed by atoms with Crippen LogP contribution in [0.1, 0.15) is 23.7 Å². The number of thioether (sulfide) groups is 1. The van der Waals surface area contributed by atoms with E-state index < -0.39 is 0 Å². The van der Waals surface area contributed by atoms with E-state index in [9.17, 15) is 4.79 Å². The second-order valence-electron chi connectivity index (χ2n) is 6.72. The molecule has 0 radical (unpaired) electrons. The Bertz CT molecular complexity index is 739. The van der Waals surface area contributed by atoms with Gasteiger partial charge in [0.05, 0.1) is 0 Å². The van der Waals surface area contributed by atoms with E-state index in [4.69, 9.17) is 0 Å². The van der Waals surface area contributed by atoms with Gasteiger partial charge in [0.25, 0.3) is 5.91 Å². The minimum Gasteiger partial charge on any atom is -0.352 e. The molecule has 0 unspecified atom stereocenters. The monoisotopic (exact) mass is 387 g/mol. The van der Waals surface area contributed by atoms with Gasteiger partial charge in [-0.2, -0.15) is 0 Å². The molecule has 1 aromatic heterocycles. The topological polar surface area (TPSA) is 53.4 Å². The lowest BCUT2D eigenvalue weighted by Gasteiger charge is -2.33. The molecule has 2 aromatic rings. The Morgan fingerprint density at radius 1 is 1.22 bits per heavy atom. The van der Waals surface area contributed by atoms with E-state index in [2.05, 4.69) is 27.0 Å². The smallest absolute Gasteiger partial charge is 0.251 e. The summed E-state index contributed by atoms with van der Waals surface area (Å²) < 4.78 is 2.00. The zero-order chi connectivity index (χ0) is 19.1. The van der Waals surface area contributed by atoms with Crippen LogP contribution in [0.25, 0.3) is 5.69 Å². The number of nitrogens with zero attached hydrogens (tertiary/aromatic N) is 4. The van der Waals surface area contributed by atoms with Crippen LogP contribution in [0.3, 0.4) is 0 Å². The number of benzene rings is 1. The third kappa shape index (κ3) is 5.34. The molecule has 1 aromatic carbocycles. The third-order valence-corrected chi connectivity index (χ3v) is 5.69. The fourth-order valence-electron chi connectivity index (χ4n) is 3.37. The molecule has 1 amide bonds. The molecular formula is C20H29N5OS. The van der Waals surface area contributed by atoms with E-state index in [1.165, 1.54) is 0 Å². The van der Waals surface area contributed by atoms with E-state index in [1.807, 2.05) is 41.3 Å². The number of carbonyl (C=O) groups is 1. The Kier molecular flexibility index (Phi) is 7.32. The number of imidazole rings is 1. The van der Waals surface area contributed by atoms with Gasteiger partial charge in [0, 0.05) is 56.4 Å². The van der Waals surface area contributed by atoms with Gasteiger partial charge in [0.2, 0.25) is 0 Å². The zero-order valence-electron chi connectivity index (χ0n) is 16.2. The van der Waals surface area contributed by atoms with E-state index in [0.717, 1.165) is 56.5 Å². The summed E-state index contributed by atoms with van der Waals surface area (Å²) in [7, 11) is 0. The van der Waals surface area contributed by atoms with Crippen LogP contribution in [-0.4, -0.2) is 77.3 Å². The van der Waals surface area contributed by atoms with Crippen molar-refractivity contribution >= 4 is 17.7 Å². The van der Waals surface area contributed by atoms with Gasteiger partial charge in [0.15, 0.2) is 5.16 Å². The molecule has 0 bridgehead atoms. The predicted molar refractivity (Wildman–Crippen MR) is 111 cm³/mol. The van der Waals surface area contributed by atoms with Crippen LogP contribution < -0.4 is 5.32 Å². The van der Waals surface area contributed by atoms with Gasteiger partial charge in [-0.15, -0.1) is 0 Å². The summed E-state index contributed by atoms with van der Waals surface area (Å²) in [6, 6.07) is 7.69. The SMILES string of the molecule is CCN1CCN(CCCNC(=O)c2cccc(-n3ccnc3SC)c2)CC1. The van der Waals surface area contributed by atoms with Crippen LogP contribution in [0, 0.1) is 0 Å².